The van der Waals surface area contributed by atoms with Crippen molar-refractivity contribution < 1.29 is 9.30 Å². The van der Waals surface area contributed by atoms with E-state index >= 15 is 0 Å². The zero-order valence-electron chi connectivity index (χ0n) is 7.52. The van der Waals surface area contributed by atoms with E-state index in [4.69, 9.17) is 16.3 Å². The van der Waals surface area contributed by atoms with Crippen LogP contribution in [0.1, 0.15) is 6.42 Å². The molecule has 2 nitrogen and oxygen atoms in total. The Balaban J connectivity index is 2.06. The van der Waals surface area contributed by atoms with Gasteiger partial charge in [-0.05, 0) is 18.6 Å². The van der Waals surface area contributed by atoms with Crippen molar-refractivity contribution in [1.82, 2.24) is 0 Å². The summed E-state index contributed by atoms with van der Waals surface area (Å²) in [5.41, 5.74) is 0. The number of rotatable bonds is 1. The highest BCUT2D eigenvalue weighted by molar-refractivity contribution is 7.72. The van der Waals surface area contributed by atoms with Crippen LogP contribution in [0.15, 0.2) is 24.3 Å². The lowest BCUT2D eigenvalue weighted by Gasteiger charge is -2.12. The summed E-state index contributed by atoms with van der Waals surface area (Å²) in [7, 11) is -2.27. The third-order valence-electron chi connectivity index (χ3n) is 2.96. The number of benzene rings is 1. The van der Waals surface area contributed by atoms with Gasteiger partial charge in [0.05, 0.1) is 6.10 Å². The molecule has 0 spiro atoms. The van der Waals surface area contributed by atoms with E-state index in [9.17, 15) is 4.57 Å². The summed E-state index contributed by atoms with van der Waals surface area (Å²) in [5.74, 6) is 0.000895. The average molecular weight is 229 g/mol. The standard InChI is InChI=1S/C10H10ClO2P/c11-7-2-1-3-8(6-7)14(12)5-4-9-10(14)13-9/h1-3,6,9-10H,4-5H2/t9-,10+,14-/m1/s1. The van der Waals surface area contributed by atoms with Crippen molar-refractivity contribution in [3.05, 3.63) is 29.3 Å². The van der Waals surface area contributed by atoms with Crippen LogP contribution in [-0.4, -0.2) is 18.1 Å². The second kappa shape index (κ2) is 2.85. The summed E-state index contributed by atoms with van der Waals surface area (Å²) < 4.78 is 17.9. The van der Waals surface area contributed by atoms with Crippen molar-refractivity contribution in [2.45, 2.75) is 18.4 Å². The Morgan fingerprint density at radius 2 is 2.36 bits per heavy atom. The third-order valence-corrected chi connectivity index (χ3v) is 6.54. The number of halogens is 1. The van der Waals surface area contributed by atoms with Crippen LogP contribution in [0, 0.1) is 0 Å². The molecule has 3 atom stereocenters. The lowest BCUT2D eigenvalue weighted by Crippen LogP contribution is -2.08. The minimum absolute atomic E-state index is 0.000895. The van der Waals surface area contributed by atoms with E-state index in [1.807, 2.05) is 18.2 Å². The van der Waals surface area contributed by atoms with E-state index in [-0.39, 0.29) is 11.9 Å². The van der Waals surface area contributed by atoms with Crippen molar-refractivity contribution in [1.29, 1.82) is 0 Å². The first kappa shape index (κ1) is 8.96. The van der Waals surface area contributed by atoms with Gasteiger partial charge in [-0.2, -0.15) is 0 Å². The highest BCUT2D eigenvalue weighted by atomic mass is 35.5. The molecule has 1 aromatic rings. The summed E-state index contributed by atoms with van der Waals surface area (Å²) in [6.45, 7) is 0. The van der Waals surface area contributed by atoms with Crippen LogP contribution >= 0.6 is 18.7 Å². The predicted molar refractivity (Wildman–Crippen MR) is 56.8 cm³/mol. The van der Waals surface area contributed by atoms with Gasteiger partial charge in [0.25, 0.3) is 0 Å². The van der Waals surface area contributed by atoms with Crippen LogP contribution in [-0.2, 0) is 9.30 Å². The molecular weight excluding hydrogens is 219 g/mol. The Bertz CT molecular complexity index is 432. The van der Waals surface area contributed by atoms with Crippen molar-refractivity contribution in [2.24, 2.45) is 0 Å². The minimum atomic E-state index is -2.27. The first-order valence-electron chi connectivity index (χ1n) is 4.70. The van der Waals surface area contributed by atoms with Gasteiger partial charge < -0.3 is 9.30 Å². The zero-order chi connectivity index (χ0) is 9.76. The number of ether oxygens (including phenoxy) is 1. The Morgan fingerprint density at radius 1 is 1.50 bits per heavy atom. The van der Waals surface area contributed by atoms with Crippen LogP contribution < -0.4 is 5.30 Å². The highest BCUT2D eigenvalue weighted by Crippen LogP contribution is 2.65. The molecule has 2 saturated heterocycles. The van der Waals surface area contributed by atoms with Crippen molar-refractivity contribution in [3.63, 3.8) is 0 Å². The average Bonchev–Trinajstić information content (AvgIpc) is 2.88. The molecule has 0 N–H and O–H groups in total. The Hall–Kier alpha value is -0.300. The Kier molecular flexibility index (Phi) is 1.82. The molecule has 0 amide bonds. The molecule has 1 aromatic carbocycles. The van der Waals surface area contributed by atoms with Crippen molar-refractivity contribution >= 4 is 24.0 Å². The monoisotopic (exact) mass is 228 g/mol. The zero-order valence-corrected chi connectivity index (χ0v) is 9.17. The molecule has 2 aliphatic rings. The maximum atomic E-state index is 12.6. The second-order valence-corrected chi connectivity index (χ2v) is 7.35. The lowest BCUT2D eigenvalue weighted by molar-refractivity contribution is 0.380. The van der Waals surface area contributed by atoms with Crippen LogP contribution in [0.3, 0.4) is 0 Å². The molecule has 2 fully saturated rings. The lowest BCUT2D eigenvalue weighted by atomic mass is 10.4. The normalized spacial score (nSPS) is 39.5. The van der Waals surface area contributed by atoms with E-state index in [1.165, 1.54) is 0 Å². The van der Waals surface area contributed by atoms with Gasteiger partial charge in [-0.1, -0.05) is 23.7 Å². The van der Waals surface area contributed by atoms with Crippen LogP contribution in [0.4, 0.5) is 0 Å². The fourth-order valence-corrected chi connectivity index (χ4v) is 5.59. The minimum Gasteiger partial charge on any atom is -0.361 e. The van der Waals surface area contributed by atoms with Gasteiger partial charge in [0, 0.05) is 16.5 Å². The summed E-state index contributed by atoms with van der Waals surface area (Å²) in [5, 5.41) is 1.54. The van der Waals surface area contributed by atoms with E-state index in [2.05, 4.69) is 0 Å². The van der Waals surface area contributed by atoms with Gasteiger partial charge in [-0.25, -0.2) is 0 Å². The van der Waals surface area contributed by atoms with Gasteiger partial charge in [-0.15, -0.1) is 0 Å². The number of hydrogen-bond acceptors (Lipinski definition) is 2. The second-order valence-electron chi connectivity index (χ2n) is 3.85. The van der Waals surface area contributed by atoms with E-state index < -0.39 is 7.14 Å². The van der Waals surface area contributed by atoms with Gasteiger partial charge in [0.2, 0.25) is 0 Å². The molecule has 4 heteroatoms. The molecule has 0 unspecified atom stereocenters. The first-order chi connectivity index (χ1) is 6.70. The molecule has 0 saturated carbocycles. The van der Waals surface area contributed by atoms with Crippen LogP contribution in [0.2, 0.25) is 5.02 Å². The molecular formula is C10H10ClO2P. The molecule has 14 heavy (non-hydrogen) atoms. The summed E-state index contributed by atoms with van der Waals surface area (Å²) in [6.07, 6.45) is 1.98. The van der Waals surface area contributed by atoms with Crippen LogP contribution in [0.5, 0.6) is 0 Å². The maximum Gasteiger partial charge on any atom is 0.145 e. The summed E-state index contributed by atoms with van der Waals surface area (Å²) in [4.78, 5) is 0. The quantitative estimate of drug-likeness (QED) is 0.546. The van der Waals surface area contributed by atoms with Crippen molar-refractivity contribution in [3.8, 4) is 0 Å². The fraction of sp³-hybridized carbons (Fsp3) is 0.400. The molecule has 0 bridgehead atoms. The number of fused-ring (bicyclic) bond motifs is 1. The Morgan fingerprint density at radius 3 is 2.93 bits per heavy atom. The largest absolute Gasteiger partial charge is 0.361 e. The number of hydrogen-bond donors (Lipinski definition) is 0. The van der Waals surface area contributed by atoms with E-state index in [0.717, 1.165) is 17.9 Å². The molecule has 2 heterocycles. The maximum absolute atomic E-state index is 12.6. The molecule has 2 aliphatic heterocycles. The smallest absolute Gasteiger partial charge is 0.145 e. The van der Waals surface area contributed by atoms with E-state index in [1.54, 1.807) is 6.07 Å². The van der Waals surface area contributed by atoms with Crippen molar-refractivity contribution in [2.75, 3.05) is 6.16 Å². The van der Waals surface area contributed by atoms with Gasteiger partial charge in [-0.3, -0.25) is 0 Å². The fourth-order valence-electron chi connectivity index (χ4n) is 2.15. The summed E-state index contributed by atoms with van der Waals surface area (Å²) >= 11 is 5.88. The third kappa shape index (κ3) is 1.18. The molecule has 0 aliphatic carbocycles. The molecule has 3 rings (SSSR count). The molecule has 74 valence electrons. The highest BCUT2D eigenvalue weighted by Gasteiger charge is 2.58. The van der Waals surface area contributed by atoms with Gasteiger partial charge in [0.15, 0.2) is 0 Å². The Labute approximate surface area is 87.6 Å². The van der Waals surface area contributed by atoms with E-state index in [0.29, 0.717) is 5.02 Å². The summed E-state index contributed by atoms with van der Waals surface area (Å²) in [6, 6.07) is 7.37. The molecule has 0 aromatic heterocycles. The predicted octanol–water partition coefficient (Wildman–Crippen LogP) is 2.46. The SMILES string of the molecule is O=[P@@]1(c2cccc(Cl)c2)CC[C@H]2O[C@H]21. The van der Waals surface area contributed by atoms with Gasteiger partial charge >= 0.3 is 0 Å². The topological polar surface area (TPSA) is 29.6 Å². The number of epoxide rings is 1. The first-order valence-corrected chi connectivity index (χ1v) is 7.04. The van der Waals surface area contributed by atoms with Crippen LogP contribution in [0.25, 0.3) is 0 Å². The van der Waals surface area contributed by atoms with Gasteiger partial charge in [0.1, 0.15) is 13.0 Å². The molecule has 0 radical (unpaired) electrons.